The Balaban J connectivity index is 1.56. The fraction of sp³-hybridized carbons (Fsp3) is 0.360. The number of hydrogen-bond acceptors (Lipinski definition) is 1. The molecule has 1 nitrogen and oxygen atoms in total. The van der Waals surface area contributed by atoms with E-state index in [4.69, 9.17) is 4.74 Å². The van der Waals surface area contributed by atoms with Crippen LogP contribution in [0.2, 0.25) is 0 Å². The summed E-state index contributed by atoms with van der Waals surface area (Å²) in [5.41, 5.74) is 6.74. The lowest BCUT2D eigenvalue weighted by molar-refractivity contribution is 0.223. The zero-order valence-electron chi connectivity index (χ0n) is 15.9. The Hall–Kier alpha value is -2.28. The van der Waals surface area contributed by atoms with E-state index in [1.54, 1.807) is 5.57 Å². The third kappa shape index (κ3) is 3.35. The van der Waals surface area contributed by atoms with E-state index in [1.165, 1.54) is 60.8 Å². The number of hydrogen-bond donors (Lipinski definition) is 0. The van der Waals surface area contributed by atoms with Gasteiger partial charge in [0.15, 0.2) is 0 Å². The maximum Gasteiger partial charge on any atom is 0.108 e. The van der Waals surface area contributed by atoms with Crippen LogP contribution in [0.3, 0.4) is 0 Å². The van der Waals surface area contributed by atoms with Crippen molar-refractivity contribution in [1.29, 1.82) is 0 Å². The first kappa shape index (κ1) is 17.1. The summed E-state index contributed by atoms with van der Waals surface area (Å²) in [5.74, 6) is 1.13. The maximum absolute atomic E-state index is 5.81. The molecule has 0 radical (unpaired) electrons. The molecule has 2 fully saturated rings. The van der Waals surface area contributed by atoms with Crippen molar-refractivity contribution >= 4 is 11.6 Å². The number of benzene rings is 1. The normalized spacial score (nSPS) is 24.3. The summed E-state index contributed by atoms with van der Waals surface area (Å²) >= 11 is 0. The lowest BCUT2D eigenvalue weighted by Gasteiger charge is -2.31. The molecule has 0 saturated heterocycles. The van der Waals surface area contributed by atoms with Crippen LogP contribution in [0.25, 0.3) is 11.6 Å². The van der Waals surface area contributed by atoms with Crippen LogP contribution >= 0.6 is 0 Å². The van der Waals surface area contributed by atoms with Gasteiger partial charge in [-0.15, -0.1) is 0 Å². The molecule has 1 heteroatoms. The van der Waals surface area contributed by atoms with Gasteiger partial charge in [-0.1, -0.05) is 66.3 Å². The number of rotatable bonds is 4. The molecule has 4 rings (SSSR count). The average molecular weight is 344 g/mol. The molecule has 26 heavy (non-hydrogen) atoms. The van der Waals surface area contributed by atoms with Gasteiger partial charge < -0.3 is 4.74 Å². The minimum Gasteiger partial charge on any atom is -0.500 e. The molecule has 0 aliphatic heterocycles. The maximum atomic E-state index is 5.81. The third-order valence-electron chi connectivity index (χ3n) is 5.91. The van der Waals surface area contributed by atoms with Crippen molar-refractivity contribution in [3.8, 4) is 0 Å². The molecule has 0 spiro atoms. The predicted molar refractivity (Wildman–Crippen MR) is 111 cm³/mol. The van der Waals surface area contributed by atoms with E-state index in [0.29, 0.717) is 0 Å². The molecule has 1 aromatic carbocycles. The van der Waals surface area contributed by atoms with Gasteiger partial charge in [0.25, 0.3) is 0 Å². The first-order chi connectivity index (χ1) is 12.7. The minimum absolute atomic E-state index is 0.155. The Kier molecular flexibility index (Phi) is 4.72. The van der Waals surface area contributed by atoms with Crippen molar-refractivity contribution in [3.05, 3.63) is 82.7 Å². The van der Waals surface area contributed by atoms with Crippen molar-refractivity contribution in [1.82, 2.24) is 0 Å². The standard InChI is InChI=1S/C25H28O/c1-25(24(26-2)23-8-4-9-23)16-5-10-21(15-17-25)22-13-11-20(12-14-22)18-19-6-3-7-19/h5,10-18H,3-4,6-9H2,1-2H3. The highest BCUT2D eigenvalue weighted by atomic mass is 16.5. The molecular weight excluding hydrogens is 316 g/mol. The third-order valence-corrected chi connectivity index (χ3v) is 5.91. The fourth-order valence-electron chi connectivity index (χ4n) is 3.93. The summed E-state index contributed by atoms with van der Waals surface area (Å²) in [6.45, 7) is 2.24. The number of methoxy groups -OCH3 is 1. The lowest BCUT2D eigenvalue weighted by Crippen LogP contribution is -2.19. The SMILES string of the molecule is COC(=C1CCC1)C1(C)C=CC=C(c2ccc(C=C3CCC3)cc2)C=C1. The Labute approximate surface area is 157 Å². The summed E-state index contributed by atoms with van der Waals surface area (Å²) in [6.07, 6.45) is 21.1. The smallest absolute Gasteiger partial charge is 0.108 e. The van der Waals surface area contributed by atoms with Crippen molar-refractivity contribution in [2.24, 2.45) is 5.41 Å². The van der Waals surface area contributed by atoms with Crippen LogP contribution in [-0.4, -0.2) is 7.11 Å². The van der Waals surface area contributed by atoms with Gasteiger partial charge in [0.05, 0.1) is 12.5 Å². The van der Waals surface area contributed by atoms with Gasteiger partial charge in [0.1, 0.15) is 5.76 Å². The van der Waals surface area contributed by atoms with Gasteiger partial charge in [0.2, 0.25) is 0 Å². The Morgan fingerprint density at radius 1 is 1.00 bits per heavy atom. The molecule has 0 N–H and O–H groups in total. The minimum atomic E-state index is -0.155. The van der Waals surface area contributed by atoms with Crippen molar-refractivity contribution in [3.63, 3.8) is 0 Å². The average Bonchev–Trinajstić information content (AvgIpc) is 2.77. The highest BCUT2D eigenvalue weighted by Gasteiger charge is 2.30. The van der Waals surface area contributed by atoms with Crippen molar-refractivity contribution in [2.75, 3.05) is 7.11 Å². The van der Waals surface area contributed by atoms with E-state index in [0.717, 1.165) is 5.76 Å². The van der Waals surface area contributed by atoms with Gasteiger partial charge in [0, 0.05) is 0 Å². The van der Waals surface area contributed by atoms with Crippen LogP contribution in [0.4, 0.5) is 0 Å². The second-order valence-electron chi connectivity index (χ2n) is 7.87. The van der Waals surface area contributed by atoms with Crippen LogP contribution in [0.1, 0.15) is 56.6 Å². The first-order valence-corrected chi connectivity index (χ1v) is 9.83. The predicted octanol–water partition coefficient (Wildman–Crippen LogP) is 6.85. The molecule has 0 heterocycles. The summed E-state index contributed by atoms with van der Waals surface area (Å²) in [6, 6.07) is 8.94. The summed E-state index contributed by atoms with van der Waals surface area (Å²) in [5, 5.41) is 0. The Morgan fingerprint density at radius 2 is 1.73 bits per heavy atom. The molecule has 0 amide bonds. The molecule has 3 aliphatic carbocycles. The topological polar surface area (TPSA) is 9.23 Å². The van der Waals surface area contributed by atoms with Crippen LogP contribution in [0, 0.1) is 5.41 Å². The van der Waals surface area contributed by atoms with E-state index in [9.17, 15) is 0 Å². The second-order valence-corrected chi connectivity index (χ2v) is 7.87. The largest absolute Gasteiger partial charge is 0.500 e. The van der Waals surface area contributed by atoms with Gasteiger partial charge in [-0.05, 0) is 67.7 Å². The molecular formula is C25H28O. The van der Waals surface area contributed by atoms with Crippen molar-refractivity contribution in [2.45, 2.75) is 45.4 Å². The van der Waals surface area contributed by atoms with E-state index in [1.807, 2.05) is 7.11 Å². The van der Waals surface area contributed by atoms with E-state index in [2.05, 4.69) is 67.6 Å². The van der Waals surface area contributed by atoms with E-state index in [-0.39, 0.29) is 5.41 Å². The van der Waals surface area contributed by atoms with Gasteiger partial charge in [-0.2, -0.15) is 0 Å². The summed E-state index contributed by atoms with van der Waals surface area (Å²) in [7, 11) is 1.81. The van der Waals surface area contributed by atoms with Gasteiger partial charge >= 0.3 is 0 Å². The number of allylic oxidation sites excluding steroid dienone is 7. The zero-order chi connectivity index (χ0) is 18.0. The fourth-order valence-corrected chi connectivity index (χ4v) is 3.93. The Bertz CT molecular complexity index is 817. The van der Waals surface area contributed by atoms with Gasteiger partial charge in [-0.3, -0.25) is 0 Å². The lowest BCUT2D eigenvalue weighted by atomic mass is 9.79. The van der Waals surface area contributed by atoms with E-state index < -0.39 is 0 Å². The molecule has 1 aromatic rings. The van der Waals surface area contributed by atoms with E-state index >= 15 is 0 Å². The summed E-state index contributed by atoms with van der Waals surface area (Å²) < 4.78 is 5.81. The van der Waals surface area contributed by atoms with Crippen molar-refractivity contribution < 1.29 is 4.74 Å². The molecule has 1 atom stereocenters. The molecule has 1 unspecified atom stereocenters. The highest BCUT2D eigenvalue weighted by Crippen LogP contribution is 2.41. The quantitative estimate of drug-likeness (QED) is 0.542. The van der Waals surface area contributed by atoms with Crippen LogP contribution in [0.5, 0.6) is 0 Å². The van der Waals surface area contributed by atoms with Gasteiger partial charge in [-0.25, -0.2) is 0 Å². The monoisotopic (exact) mass is 344 g/mol. The van der Waals surface area contributed by atoms with Crippen LogP contribution in [-0.2, 0) is 4.74 Å². The zero-order valence-corrected chi connectivity index (χ0v) is 15.9. The number of ether oxygens (including phenoxy) is 1. The molecule has 0 bridgehead atoms. The van der Waals surface area contributed by atoms with Crippen LogP contribution < -0.4 is 0 Å². The highest BCUT2D eigenvalue weighted by molar-refractivity contribution is 5.77. The summed E-state index contributed by atoms with van der Waals surface area (Å²) in [4.78, 5) is 0. The molecule has 3 aliphatic rings. The van der Waals surface area contributed by atoms with Crippen LogP contribution in [0.15, 0.2) is 71.6 Å². The molecule has 2 saturated carbocycles. The molecule has 0 aromatic heterocycles. The molecule has 134 valence electrons. The Morgan fingerprint density at radius 3 is 2.31 bits per heavy atom. The second kappa shape index (κ2) is 7.15. The first-order valence-electron chi connectivity index (χ1n) is 9.83.